The molecule has 2 aliphatic rings. The summed E-state index contributed by atoms with van der Waals surface area (Å²) >= 11 is 1.71. The largest absolute Gasteiger partial charge is 0.490 e. The predicted molar refractivity (Wildman–Crippen MR) is 91.7 cm³/mol. The van der Waals surface area contributed by atoms with Gasteiger partial charge in [-0.1, -0.05) is 12.5 Å². The number of thioether (sulfide) groups is 1. The van der Waals surface area contributed by atoms with E-state index in [0.717, 1.165) is 24.3 Å². The van der Waals surface area contributed by atoms with Gasteiger partial charge >= 0.3 is 0 Å². The Hall–Kier alpha value is -1.67. The molecule has 1 aliphatic carbocycles. The molecule has 0 bridgehead atoms. The predicted octanol–water partition coefficient (Wildman–Crippen LogP) is 3.53. The highest BCUT2D eigenvalue weighted by molar-refractivity contribution is 7.99. The number of carbonyl (C=O) groups is 1. The molecule has 1 N–H and O–H groups in total. The number of nitriles is 1. The van der Waals surface area contributed by atoms with E-state index in [9.17, 15) is 10.1 Å². The lowest BCUT2D eigenvalue weighted by atomic mass is 9.98. The molecule has 5 heteroatoms. The van der Waals surface area contributed by atoms with Crippen LogP contribution in [0.5, 0.6) is 5.75 Å². The lowest BCUT2D eigenvalue weighted by Gasteiger charge is -2.24. The third-order valence-corrected chi connectivity index (χ3v) is 5.73. The molecule has 3 rings (SSSR count). The molecule has 0 unspecified atom stereocenters. The third-order valence-electron chi connectivity index (χ3n) is 4.54. The van der Waals surface area contributed by atoms with E-state index >= 15 is 0 Å². The molecule has 122 valence electrons. The minimum absolute atomic E-state index is 0.192. The van der Waals surface area contributed by atoms with Crippen molar-refractivity contribution in [1.82, 2.24) is 5.32 Å². The summed E-state index contributed by atoms with van der Waals surface area (Å²) in [7, 11) is 0. The van der Waals surface area contributed by atoms with Gasteiger partial charge in [0.2, 0.25) is 0 Å². The van der Waals surface area contributed by atoms with Gasteiger partial charge in [-0.25, -0.2) is 0 Å². The van der Waals surface area contributed by atoms with E-state index in [1.54, 1.807) is 23.9 Å². The Kier molecular flexibility index (Phi) is 5.12. The molecule has 0 aromatic heterocycles. The van der Waals surface area contributed by atoms with Gasteiger partial charge in [0.05, 0.1) is 12.2 Å². The molecular weight excluding hydrogens is 308 g/mol. The highest BCUT2D eigenvalue weighted by atomic mass is 32.2. The fourth-order valence-electron chi connectivity index (χ4n) is 3.16. The molecule has 0 radical (unpaired) electrons. The monoisotopic (exact) mass is 330 g/mol. The lowest BCUT2D eigenvalue weighted by molar-refractivity contribution is 0.0924. The van der Waals surface area contributed by atoms with Crippen molar-refractivity contribution in [2.24, 2.45) is 0 Å². The smallest absolute Gasteiger partial charge is 0.252 e. The summed E-state index contributed by atoms with van der Waals surface area (Å²) < 4.78 is 6.02. The maximum Gasteiger partial charge on any atom is 0.252 e. The van der Waals surface area contributed by atoms with Gasteiger partial charge in [-0.2, -0.15) is 17.0 Å². The van der Waals surface area contributed by atoms with Crippen LogP contribution in [0.25, 0.3) is 0 Å². The van der Waals surface area contributed by atoms with Crippen LogP contribution in [0.1, 0.15) is 48.9 Å². The fraction of sp³-hybridized carbons (Fsp3) is 0.556. The van der Waals surface area contributed by atoms with Crippen LogP contribution in [0.15, 0.2) is 24.3 Å². The van der Waals surface area contributed by atoms with E-state index < -0.39 is 5.54 Å². The molecule has 1 heterocycles. The van der Waals surface area contributed by atoms with Crippen LogP contribution < -0.4 is 10.1 Å². The molecule has 0 spiro atoms. The Balaban J connectivity index is 1.66. The van der Waals surface area contributed by atoms with E-state index in [4.69, 9.17) is 4.74 Å². The second kappa shape index (κ2) is 7.27. The van der Waals surface area contributed by atoms with E-state index in [2.05, 4.69) is 11.4 Å². The van der Waals surface area contributed by atoms with Crippen LogP contribution in [0, 0.1) is 11.3 Å². The second-order valence-corrected chi connectivity index (χ2v) is 7.46. The Morgan fingerprint density at radius 2 is 2.17 bits per heavy atom. The average molecular weight is 330 g/mol. The zero-order chi connectivity index (χ0) is 16.1. The molecule has 1 aromatic rings. The van der Waals surface area contributed by atoms with Crippen molar-refractivity contribution >= 4 is 17.7 Å². The van der Waals surface area contributed by atoms with E-state index in [-0.39, 0.29) is 12.0 Å². The van der Waals surface area contributed by atoms with Gasteiger partial charge < -0.3 is 10.1 Å². The molecule has 1 amide bonds. The van der Waals surface area contributed by atoms with Crippen LogP contribution in [-0.4, -0.2) is 29.1 Å². The minimum atomic E-state index is -0.720. The van der Waals surface area contributed by atoms with Gasteiger partial charge in [-0.05, 0) is 56.1 Å². The maximum atomic E-state index is 12.5. The number of ether oxygens (including phenoxy) is 1. The first-order valence-corrected chi connectivity index (χ1v) is 9.44. The topological polar surface area (TPSA) is 62.1 Å². The van der Waals surface area contributed by atoms with Crippen LogP contribution >= 0.6 is 11.8 Å². The van der Waals surface area contributed by atoms with Crippen molar-refractivity contribution in [3.63, 3.8) is 0 Å². The van der Waals surface area contributed by atoms with Crippen molar-refractivity contribution in [3.8, 4) is 11.8 Å². The van der Waals surface area contributed by atoms with E-state index in [1.807, 2.05) is 12.1 Å². The Labute approximate surface area is 141 Å². The average Bonchev–Trinajstić information content (AvgIpc) is 3.05. The van der Waals surface area contributed by atoms with Crippen LogP contribution in [0.2, 0.25) is 0 Å². The van der Waals surface area contributed by atoms with Crippen LogP contribution in [-0.2, 0) is 0 Å². The minimum Gasteiger partial charge on any atom is -0.490 e. The zero-order valence-electron chi connectivity index (χ0n) is 13.2. The number of nitrogens with zero attached hydrogens (tertiary/aromatic N) is 1. The summed E-state index contributed by atoms with van der Waals surface area (Å²) in [6.45, 7) is 0. The van der Waals surface area contributed by atoms with Crippen molar-refractivity contribution in [1.29, 1.82) is 5.26 Å². The second-order valence-electron chi connectivity index (χ2n) is 6.36. The molecule has 4 nitrogen and oxygen atoms in total. The Bertz CT molecular complexity index is 599. The number of benzene rings is 1. The number of nitrogens with one attached hydrogen (secondary N) is 1. The van der Waals surface area contributed by atoms with Crippen molar-refractivity contribution in [2.75, 3.05) is 11.5 Å². The first kappa shape index (κ1) is 16.2. The van der Waals surface area contributed by atoms with Crippen molar-refractivity contribution in [2.45, 2.75) is 50.2 Å². The normalized spacial score (nSPS) is 24.8. The van der Waals surface area contributed by atoms with Gasteiger partial charge in [-0.15, -0.1) is 0 Å². The molecule has 1 saturated heterocycles. The van der Waals surface area contributed by atoms with Crippen molar-refractivity contribution in [3.05, 3.63) is 29.8 Å². The summed E-state index contributed by atoms with van der Waals surface area (Å²) in [6, 6.07) is 9.58. The highest BCUT2D eigenvalue weighted by Crippen LogP contribution is 2.28. The van der Waals surface area contributed by atoms with Gasteiger partial charge in [-0.3, -0.25) is 4.79 Å². The van der Waals surface area contributed by atoms with Gasteiger partial charge in [0, 0.05) is 11.3 Å². The van der Waals surface area contributed by atoms with Gasteiger partial charge in [0.1, 0.15) is 11.3 Å². The zero-order valence-corrected chi connectivity index (χ0v) is 14.0. The number of hydrogen-bond donors (Lipinski definition) is 1. The van der Waals surface area contributed by atoms with Crippen LogP contribution in [0.3, 0.4) is 0 Å². The summed E-state index contributed by atoms with van der Waals surface area (Å²) in [5.41, 5.74) is -0.160. The first-order chi connectivity index (χ1) is 11.2. The number of rotatable bonds is 4. The van der Waals surface area contributed by atoms with Gasteiger partial charge in [0.25, 0.3) is 5.91 Å². The lowest BCUT2D eigenvalue weighted by Crippen LogP contribution is -2.47. The van der Waals surface area contributed by atoms with E-state index in [1.165, 1.54) is 19.3 Å². The molecule has 23 heavy (non-hydrogen) atoms. The first-order valence-electron chi connectivity index (χ1n) is 8.29. The summed E-state index contributed by atoms with van der Waals surface area (Å²) in [4.78, 5) is 12.5. The SMILES string of the molecule is N#C[C@@]1(NC(=O)c2cccc(OC3CCCCC3)c2)CCSC1. The number of amides is 1. The standard InChI is InChI=1S/C18H22N2O2S/c19-12-18(9-10-23-13-18)20-17(21)14-5-4-8-16(11-14)22-15-6-2-1-3-7-15/h4-5,8,11,15H,1-3,6-7,9-10,13H2,(H,20,21)/t18-/m0/s1. The third kappa shape index (κ3) is 4.00. The molecule has 2 fully saturated rings. The quantitative estimate of drug-likeness (QED) is 0.917. The van der Waals surface area contributed by atoms with E-state index in [0.29, 0.717) is 17.7 Å². The van der Waals surface area contributed by atoms with Crippen molar-refractivity contribution < 1.29 is 9.53 Å². The molecule has 1 aliphatic heterocycles. The maximum absolute atomic E-state index is 12.5. The number of carbonyl (C=O) groups excluding carboxylic acids is 1. The highest BCUT2D eigenvalue weighted by Gasteiger charge is 2.36. The van der Waals surface area contributed by atoms with Gasteiger partial charge in [0.15, 0.2) is 0 Å². The molecule has 1 atom stereocenters. The Morgan fingerprint density at radius 3 is 2.87 bits per heavy atom. The fourth-order valence-corrected chi connectivity index (χ4v) is 4.42. The molecular formula is C18H22N2O2S. The number of hydrogen-bond acceptors (Lipinski definition) is 4. The molecule has 1 aromatic carbocycles. The summed E-state index contributed by atoms with van der Waals surface area (Å²) in [5, 5.41) is 12.3. The molecule has 1 saturated carbocycles. The summed E-state index contributed by atoms with van der Waals surface area (Å²) in [5.74, 6) is 2.13. The Morgan fingerprint density at radius 1 is 1.35 bits per heavy atom. The van der Waals surface area contributed by atoms with Crippen LogP contribution in [0.4, 0.5) is 0 Å². The summed E-state index contributed by atoms with van der Waals surface area (Å²) in [6.07, 6.45) is 6.87.